The van der Waals surface area contributed by atoms with E-state index in [0.717, 1.165) is 16.8 Å². The number of amides is 1. The van der Waals surface area contributed by atoms with Crippen LogP contribution in [0.4, 0.5) is 5.69 Å². The molecule has 5 rings (SSSR count). The third-order valence-corrected chi connectivity index (χ3v) is 6.96. The van der Waals surface area contributed by atoms with Crippen LogP contribution in [0.5, 0.6) is 11.5 Å². The van der Waals surface area contributed by atoms with E-state index in [1.54, 1.807) is 22.8 Å². The number of aryl methyl sites for hydroxylation is 1. The fourth-order valence-corrected chi connectivity index (χ4v) is 4.80. The lowest BCUT2D eigenvalue weighted by Gasteiger charge is -2.16. The van der Waals surface area contributed by atoms with Crippen LogP contribution in [-0.4, -0.2) is 21.2 Å². The zero-order valence-corrected chi connectivity index (χ0v) is 21.3. The Kier molecular flexibility index (Phi) is 7.05. The number of benzene rings is 4. The van der Waals surface area contributed by atoms with Crippen molar-refractivity contribution in [3.63, 3.8) is 0 Å². The summed E-state index contributed by atoms with van der Waals surface area (Å²) < 4.78 is 7.57. The fraction of sp³-hybridized carbons (Fsp3) is 0.100. The van der Waals surface area contributed by atoms with Gasteiger partial charge in [0.25, 0.3) is 5.56 Å². The zero-order valence-electron chi connectivity index (χ0n) is 20.5. The van der Waals surface area contributed by atoms with E-state index >= 15 is 0 Å². The van der Waals surface area contributed by atoms with E-state index in [0.29, 0.717) is 33.2 Å². The maximum absolute atomic E-state index is 13.6. The van der Waals surface area contributed by atoms with Crippen molar-refractivity contribution in [2.45, 2.75) is 19.0 Å². The molecule has 184 valence electrons. The van der Waals surface area contributed by atoms with E-state index < -0.39 is 0 Å². The number of nitrogens with one attached hydrogen (secondary N) is 1. The SMILES string of the molecule is Cc1cccc(-n2c(SCC(=O)Nc3ccccc3Oc3ccccc3)nc3ccccc3c2=O)c1C. The molecule has 0 aliphatic heterocycles. The molecule has 37 heavy (non-hydrogen) atoms. The summed E-state index contributed by atoms with van der Waals surface area (Å²) in [5.41, 5.74) is 3.81. The number of thioether (sulfide) groups is 1. The summed E-state index contributed by atoms with van der Waals surface area (Å²) in [6.45, 7) is 3.99. The Morgan fingerprint density at radius 1 is 0.892 bits per heavy atom. The number of fused-ring (bicyclic) bond motifs is 1. The fourth-order valence-electron chi connectivity index (χ4n) is 3.99. The van der Waals surface area contributed by atoms with Gasteiger partial charge in [-0.05, 0) is 67.4 Å². The van der Waals surface area contributed by atoms with Gasteiger partial charge in [0.05, 0.1) is 28.0 Å². The molecule has 0 spiro atoms. The molecule has 0 aliphatic carbocycles. The maximum Gasteiger partial charge on any atom is 0.266 e. The van der Waals surface area contributed by atoms with Crippen molar-refractivity contribution in [1.29, 1.82) is 0 Å². The Morgan fingerprint density at radius 2 is 1.62 bits per heavy atom. The minimum Gasteiger partial charge on any atom is -0.455 e. The summed E-state index contributed by atoms with van der Waals surface area (Å²) in [6, 6.07) is 29.8. The van der Waals surface area contributed by atoms with E-state index in [1.807, 2.05) is 92.7 Å². The third kappa shape index (κ3) is 5.27. The summed E-state index contributed by atoms with van der Waals surface area (Å²) in [6.07, 6.45) is 0. The molecular formula is C30H25N3O3S. The maximum atomic E-state index is 13.6. The molecular weight excluding hydrogens is 482 g/mol. The van der Waals surface area contributed by atoms with Crippen molar-refractivity contribution in [1.82, 2.24) is 9.55 Å². The molecule has 0 aliphatic rings. The highest BCUT2D eigenvalue weighted by atomic mass is 32.2. The van der Waals surface area contributed by atoms with Crippen molar-refractivity contribution >= 4 is 34.3 Å². The zero-order chi connectivity index (χ0) is 25.8. The van der Waals surface area contributed by atoms with Gasteiger partial charge in [-0.25, -0.2) is 4.98 Å². The van der Waals surface area contributed by atoms with Gasteiger partial charge in [0.2, 0.25) is 5.91 Å². The van der Waals surface area contributed by atoms with E-state index in [9.17, 15) is 9.59 Å². The molecule has 0 unspecified atom stereocenters. The van der Waals surface area contributed by atoms with Crippen LogP contribution >= 0.6 is 11.8 Å². The van der Waals surface area contributed by atoms with Crippen molar-refractivity contribution in [3.8, 4) is 17.2 Å². The van der Waals surface area contributed by atoms with Crippen LogP contribution in [0.1, 0.15) is 11.1 Å². The summed E-state index contributed by atoms with van der Waals surface area (Å²) in [4.78, 5) is 31.3. The van der Waals surface area contributed by atoms with Crippen molar-refractivity contribution in [2.75, 3.05) is 11.1 Å². The number of carbonyl (C=O) groups excluding carboxylic acids is 1. The number of para-hydroxylation sites is 4. The van der Waals surface area contributed by atoms with Gasteiger partial charge in [-0.15, -0.1) is 0 Å². The smallest absolute Gasteiger partial charge is 0.266 e. The first-order valence-corrected chi connectivity index (χ1v) is 12.8. The van der Waals surface area contributed by atoms with Crippen LogP contribution < -0.4 is 15.6 Å². The topological polar surface area (TPSA) is 73.2 Å². The molecule has 7 heteroatoms. The summed E-state index contributed by atoms with van der Waals surface area (Å²) in [7, 11) is 0. The van der Waals surface area contributed by atoms with Gasteiger partial charge >= 0.3 is 0 Å². The Balaban J connectivity index is 1.43. The van der Waals surface area contributed by atoms with Gasteiger partial charge in [-0.3, -0.25) is 14.2 Å². The first kappa shape index (κ1) is 24.3. The molecule has 0 bridgehead atoms. The van der Waals surface area contributed by atoms with Crippen molar-refractivity contribution in [3.05, 3.63) is 119 Å². The average Bonchev–Trinajstić information content (AvgIpc) is 2.91. The molecule has 5 aromatic rings. The van der Waals surface area contributed by atoms with E-state index in [2.05, 4.69) is 5.32 Å². The highest BCUT2D eigenvalue weighted by Gasteiger charge is 2.17. The minimum atomic E-state index is -0.232. The van der Waals surface area contributed by atoms with E-state index in [4.69, 9.17) is 9.72 Å². The number of anilines is 1. The van der Waals surface area contributed by atoms with Crippen molar-refractivity contribution < 1.29 is 9.53 Å². The lowest BCUT2D eigenvalue weighted by atomic mass is 10.1. The molecule has 1 heterocycles. The number of carbonyl (C=O) groups is 1. The van der Waals surface area contributed by atoms with Crippen LogP contribution in [-0.2, 0) is 4.79 Å². The predicted molar refractivity (Wildman–Crippen MR) is 149 cm³/mol. The quantitative estimate of drug-likeness (QED) is 0.200. The lowest BCUT2D eigenvalue weighted by Crippen LogP contribution is -2.23. The second-order valence-corrected chi connectivity index (χ2v) is 9.46. The summed E-state index contributed by atoms with van der Waals surface area (Å²) in [5.74, 6) is 1.05. The summed E-state index contributed by atoms with van der Waals surface area (Å²) in [5, 5.41) is 3.92. The van der Waals surface area contributed by atoms with Gasteiger partial charge in [-0.2, -0.15) is 0 Å². The van der Waals surface area contributed by atoms with Gasteiger partial charge in [0.1, 0.15) is 5.75 Å². The standard InChI is InChI=1S/C30H25N3O3S/c1-20-11-10-17-26(21(20)2)33-29(35)23-14-6-7-15-24(23)32-30(33)37-19-28(34)31-25-16-8-9-18-27(25)36-22-12-4-3-5-13-22/h3-18H,19H2,1-2H3,(H,31,34). The van der Waals surface area contributed by atoms with Gasteiger partial charge in [0.15, 0.2) is 10.9 Å². The molecule has 0 saturated carbocycles. The number of hydrogen-bond donors (Lipinski definition) is 1. The highest BCUT2D eigenvalue weighted by Crippen LogP contribution is 2.30. The Bertz CT molecular complexity index is 1650. The predicted octanol–water partition coefficient (Wildman–Crippen LogP) is 6.53. The normalized spacial score (nSPS) is 10.9. The van der Waals surface area contributed by atoms with Crippen molar-refractivity contribution in [2.24, 2.45) is 0 Å². The molecule has 4 aromatic carbocycles. The Hall–Kier alpha value is -4.36. The van der Waals surface area contributed by atoms with E-state index in [1.165, 1.54) is 11.8 Å². The highest BCUT2D eigenvalue weighted by molar-refractivity contribution is 7.99. The molecule has 0 saturated heterocycles. The molecule has 0 atom stereocenters. The van der Waals surface area contributed by atoms with Crippen LogP contribution in [0.2, 0.25) is 0 Å². The molecule has 1 N–H and O–H groups in total. The first-order chi connectivity index (χ1) is 18.0. The molecule has 0 fully saturated rings. The second-order valence-electron chi connectivity index (χ2n) is 8.52. The third-order valence-electron chi connectivity index (χ3n) is 6.03. The van der Waals surface area contributed by atoms with E-state index in [-0.39, 0.29) is 17.2 Å². The number of rotatable bonds is 7. The monoisotopic (exact) mass is 507 g/mol. The second kappa shape index (κ2) is 10.7. The summed E-state index contributed by atoms with van der Waals surface area (Å²) >= 11 is 1.22. The van der Waals surface area contributed by atoms with Gasteiger partial charge in [0, 0.05) is 0 Å². The molecule has 0 radical (unpaired) electrons. The number of hydrogen-bond acceptors (Lipinski definition) is 5. The van der Waals surface area contributed by atoms with Crippen LogP contribution in [0.15, 0.2) is 107 Å². The first-order valence-electron chi connectivity index (χ1n) is 11.8. The van der Waals surface area contributed by atoms with Gasteiger partial charge in [-0.1, -0.05) is 66.4 Å². The van der Waals surface area contributed by atoms with Crippen LogP contribution in [0, 0.1) is 13.8 Å². The Morgan fingerprint density at radius 3 is 2.46 bits per heavy atom. The van der Waals surface area contributed by atoms with Crippen LogP contribution in [0.25, 0.3) is 16.6 Å². The molecule has 1 aromatic heterocycles. The molecule has 1 amide bonds. The number of ether oxygens (including phenoxy) is 1. The average molecular weight is 508 g/mol. The Labute approximate surface area is 219 Å². The number of nitrogens with zero attached hydrogens (tertiary/aromatic N) is 2. The van der Waals surface area contributed by atoms with Crippen LogP contribution in [0.3, 0.4) is 0 Å². The van der Waals surface area contributed by atoms with Gasteiger partial charge < -0.3 is 10.1 Å². The lowest BCUT2D eigenvalue weighted by molar-refractivity contribution is -0.113. The number of aromatic nitrogens is 2. The minimum absolute atomic E-state index is 0.0648. The molecule has 6 nitrogen and oxygen atoms in total. The largest absolute Gasteiger partial charge is 0.455 e.